The van der Waals surface area contributed by atoms with Crippen LogP contribution in [0.25, 0.3) is 10.4 Å². The van der Waals surface area contributed by atoms with Gasteiger partial charge in [-0.15, -0.1) is 11.8 Å². The van der Waals surface area contributed by atoms with Gasteiger partial charge in [-0.05, 0) is 109 Å². The van der Waals surface area contributed by atoms with Crippen LogP contribution < -0.4 is 19.8 Å². The summed E-state index contributed by atoms with van der Waals surface area (Å²) in [5, 5.41) is 5.53. The molecule has 6 atom stereocenters. The maximum absolute atomic E-state index is 14.6. The Balaban J connectivity index is 1.59. The minimum absolute atomic E-state index is 0.00797. The molecule has 5 rings (SSSR count). The van der Waals surface area contributed by atoms with Crippen molar-refractivity contribution in [2.45, 2.75) is 171 Å². The summed E-state index contributed by atoms with van der Waals surface area (Å²) in [7, 11) is -5.31. The number of methoxy groups -OCH3 is 1. The van der Waals surface area contributed by atoms with Gasteiger partial charge in [0.25, 0.3) is 8.32 Å². The second-order valence-electron chi connectivity index (χ2n) is 23.9. The van der Waals surface area contributed by atoms with Crippen molar-refractivity contribution in [1.82, 2.24) is 0 Å². The number of hydrogen-bond donors (Lipinski definition) is 0. The summed E-state index contributed by atoms with van der Waals surface area (Å²) in [6.07, 6.45) is 3.96. The molecule has 0 amide bonds. The number of rotatable bonds is 27. The van der Waals surface area contributed by atoms with Crippen molar-refractivity contribution in [3.8, 4) is 11.5 Å². The molecular weight excluding hydrogens is 1010 g/mol. The van der Waals surface area contributed by atoms with Crippen LogP contribution in [-0.4, -0.2) is 94.5 Å². The van der Waals surface area contributed by atoms with E-state index in [4.69, 9.17) is 42.8 Å². The van der Waals surface area contributed by atoms with Gasteiger partial charge in [0.15, 0.2) is 20.9 Å². The SMILES string of the molecule is COCOc1ccc(OCCN=[N+]=[N-])c(C(CC[C@@H]2OC(C)(C)O[C@@H]2C(/C=C\[C@@H](C)[C@H](C)O[Si](c2ccccc2)(c2ccccc2)C(C)(C)C)O[Si](C)(C)C(C)(C)C)Sc2ccccc2)c1C(=O)OCC[Si](C)(C)C. The molecule has 0 saturated carbocycles. The van der Waals surface area contributed by atoms with E-state index >= 15 is 0 Å². The maximum atomic E-state index is 14.6. The number of nitrogens with zero attached hydrogens (tertiary/aromatic N) is 3. The number of benzene rings is 4. The molecule has 0 N–H and O–H groups in total. The number of carbonyl (C=O) groups is 1. The Hall–Kier alpha value is -4.20. The predicted molar refractivity (Wildman–Crippen MR) is 314 cm³/mol. The molecule has 0 aromatic heterocycles. The van der Waals surface area contributed by atoms with E-state index in [0.29, 0.717) is 29.9 Å². The Kier molecular flexibility index (Phi) is 22.1. The van der Waals surface area contributed by atoms with E-state index in [1.54, 1.807) is 24.9 Å². The van der Waals surface area contributed by atoms with E-state index in [2.05, 4.69) is 183 Å². The normalized spacial score (nSPS) is 18.0. The van der Waals surface area contributed by atoms with E-state index in [1.807, 2.05) is 38.1 Å². The summed E-state index contributed by atoms with van der Waals surface area (Å²) in [4.78, 5) is 18.6. The first-order chi connectivity index (χ1) is 35.2. The van der Waals surface area contributed by atoms with Crippen molar-refractivity contribution in [2.24, 2.45) is 11.0 Å². The summed E-state index contributed by atoms with van der Waals surface area (Å²) < 4.78 is 53.1. The molecule has 0 bridgehead atoms. The molecule has 12 nitrogen and oxygen atoms in total. The lowest BCUT2D eigenvalue weighted by molar-refractivity contribution is -0.152. The van der Waals surface area contributed by atoms with Crippen molar-refractivity contribution in [1.29, 1.82) is 0 Å². The highest BCUT2D eigenvalue weighted by molar-refractivity contribution is 7.99. The summed E-state index contributed by atoms with van der Waals surface area (Å²) in [6, 6.07) is 36.0. The highest BCUT2D eigenvalue weighted by Gasteiger charge is 2.52. The number of azide groups is 1. The first-order valence-electron chi connectivity index (χ1n) is 26.6. The predicted octanol–water partition coefficient (Wildman–Crippen LogP) is 14.5. The van der Waals surface area contributed by atoms with Crippen LogP contribution in [0.15, 0.2) is 125 Å². The average Bonchev–Trinajstić information content (AvgIpc) is 3.66. The fourth-order valence-electron chi connectivity index (χ4n) is 9.10. The molecule has 1 saturated heterocycles. The Morgan fingerprint density at radius 3 is 1.92 bits per heavy atom. The zero-order valence-electron chi connectivity index (χ0n) is 47.8. The van der Waals surface area contributed by atoms with Crippen LogP contribution in [0.5, 0.6) is 11.5 Å². The van der Waals surface area contributed by atoms with Crippen LogP contribution in [0.1, 0.15) is 103 Å². The van der Waals surface area contributed by atoms with E-state index in [0.717, 1.165) is 10.9 Å². The molecule has 1 aliphatic heterocycles. The maximum Gasteiger partial charge on any atom is 0.342 e. The summed E-state index contributed by atoms with van der Waals surface area (Å²) in [5.41, 5.74) is 10.0. The summed E-state index contributed by atoms with van der Waals surface area (Å²) in [6.45, 7) is 33.7. The molecule has 0 spiro atoms. The van der Waals surface area contributed by atoms with E-state index < -0.39 is 60.0 Å². The molecule has 2 unspecified atom stereocenters. The molecule has 1 fully saturated rings. The van der Waals surface area contributed by atoms with Gasteiger partial charge in [-0.1, -0.05) is 164 Å². The second-order valence-corrected chi connectivity index (χ2v) is 39.8. The minimum atomic E-state index is -2.85. The topological polar surface area (TPSA) is 140 Å². The monoisotopic (exact) mass is 1100 g/mol. The van der Waals surface area contributed by atoms with Gasteiger partial charge >= 0.3 is 5.97 Å². The van der Waals surface area contributed by atoms with Crippen LogP contribution in [0.2, 0.25) is 48.9 Å². The molecular formula is C59H87N3O9SSi3. The molecule has 0 radical (unpaired) electrons. The van der Waals surface area contributed by atoms with Gasteiger partial charge in [0.2, 0.25) is 0 Å². The molecule has 75 heavy (non-hydrogen) atoms. The third kappa shape index (κ3) is 16.9. The zero-order chi connectivity index (χ0) is 55.2. The van der Waals surface area contributed by atoms with Crippen molar-refractivity contribution in [3.05, 3.63) is 137 Å². The highest BCUT2D eigenvalue weighted by Crippen LogP contribution is 2.49. The minimum Gasteiger partial charge on any atom is -0.493 e. The lowest BCUT2D eigenvalue weighted by atomic mass is 9.95. The lowest BCUT2D eigenvalue weighted by Gasteiger charge is -2.45. The lowest BCUT2D eigenvalue weighted by Crippen LogP contribution is -2.67. The number of thioether (sulfide) groups is 1. The standard InChI is InChI=1S/C59H87N3O9SSi3/c1-43(44(2)70-75(58(6,7)8,46-28-22-18-23-29-46)47-30-24-19-25-31-47)32-33-51(71-74(15,16)57(3,4)5)55-50(68-59(9,10)69-55)36-37-52(72-45-26-20-17-21-27-45)53-48(65-39-38-61-62-60)34-35-49(67-42-64-11)54(53)56(63)66-40-41-73(12,13)14/h17-35,43-44,50-52,55H,36-42H2,1-16H3/b33-32-/t43-,44+,50+,51?,52?,55+/m1/s1. The molecule has 1 heterocycles. The summed E-state index contributed by atoms with van der Waals surface area (Å²) in [5.74, 6) is -0.667. The van der Waals surface area contributed by atoms with Crippen molar-refractivity contribution in [3.63, 3.8) is 0 Å². The Bertz CT molecular complexity index is 2450. The van der Waals surface area contributed by atoms with Crippen molar-refractivity contribution >= 4 is 52.8 Å². The number of carbonyl (C=O) groups excluding carboxylic acids is 1. The van der Waals surface area contributed by atoms with Crippen molar-refractivity contribution < 1.29 is 42.1 Å². The highest BCUT2D eigenvalue weighted by atomic mass is 32.2. The number of hydrogen-bond acceptors (Lipinski definition) is 11. The van der Waals surface area contributed by atoms with Gasteiger partial charge in [-0.2, -0.15) is 0 Å². The van der Waals surface area contributed by atoms with Gasteiger partial charge in [-0.3, -0.25) is 0 Å². The third-order valence-electron chi connectivity index (χ3n) is 14.3. The molecule has 4 aromatic rings. The van der Waals surface area contributed by atoms with Crippen LogP contribution in [0.4, 0.5) is 0 Å². The molecule has 1 aliphatic rings. The fraction of sp³-hybridized carbons (Fsp3) is 0.542. The molecule has 410 valence electrons. The van der Waals surface area contributed by atoms with Crippen molar-refractivity contribution in [2.75, 3.05) is 33.7 Å². The Labute approximate surface area is 456 Å². The van der Waals surface area contributed by atoms with Gasteiger partial charge in [0.05, 0.1) is 32.0 Å². The first kappa shape index (κ1) is 61.7. The van der Waals surface area contributed by atoms with Gasteiger partial charge < -0.3 is 37.3 Å². The third-order valence-corrected chi connectivity index (χ3v) is 26.9. The molecule has 16 heteroatoms. The first-order valence-corrected chi connectivity index (χ1v) is 36.0. The van der Waals surface area contributed by atoms with Crippen LogP contribution in [-0.2, 0) is 27.8 Å². The zero-order valence-corrected chi connectivity index (χ0v) is 51.6. The molecule has 4 aromatic carbocycles. The smallest absolute Gasteiger partial charge is 0.342 e. The molecule has 0 aliphatic carbocycles. The Morgan fingerprint density at radius 1 is 0.787 bits per heavy atom. The second kappa shape index (κ2) is 26.9. The quantitative estimate of drug-likeness (QED) is 0.00652. The van der Waals surface area contributed by atoms with Crippen LogP contribution >= 0.6 is 11.8 Å². The average molecular weight is 1100 g/mol. The van der Waals surface area contributed by atoms with Gasteiger partial charge in [0, 0.05) is 41.9 Å². The summed E-state index contributed by atoms with van der Waals surface area (Å²) >= 11 is 1.62. The largest absolute Gasteiger partial charge is 0.493 e. The van der Waals surface area contributed by atoms with Crippen LogP contribution in [0.3, 0.4) is 0 Å². The Morgan fingerprint density at radius 2 is 1.37 bits per heavy atom. The van der Waals surface area contributed by atoms with Gasteiger partial charge in [-0.25, -0.2) is 4.79 Å². The van der Waals surface area contributed by atoms with E-state index in [1.165, 1.54) is 10.4 Å². The van der Waals surface area contributed by atoms with E-state index in [-0.39, 0.29) is 54.2 Å². The number of esters is 1. The fourth-order valence-corrected chi connectivity index (χ4v) is 17.1. The van der Waals surface area contributed by atoms with Crippen LogP contribution in [0, 0.1) is 5.92 Å². The van der Waals surface area contributed by atoms with Gasteiger partial charge in [0.1, 0.15) is 23.2 Å². The number of ether oxygens (including phenoxy) is 6. The van der Waals surface area contributed by atoms with E-state index in [9.17, 15) is 4.79 Å².